The molecule has 2 atom stereocenters. The highest BCUT2D eigenvalue weighted by Gasteiger charge is 2.25. The van der Waals surface area contributed by atoms with Crippen molar-refractivity contribution < 1.29 is 9.84 Å². The van der Waals surface area contributed by atoms with Gasteiger partial charge in [0.05, 0.1) is 6.61 Å². The van der Waals surface area contributed by atoms with Gasteiger partial charge in [-0.05, 0) is 25.6 Å². The van der Waals surface area contributed by atoms with Crippen LogP contribution in [0.1, 0.15) is 25.2 Å². The number of H-pyrrole nitrogens is 1. The highest BCUT2D eigenvalue weighted by molar-refractivity contribution is 7.71. The molecule has 2 rings (SSSR count). The van der Waals surface area contributed by atoms with Crippen LogP contribution in [0.2, 0.25) is 0 Å². The lowest BCUT2D eigenvalue weighted by Crippen LogP contribution is -2.19. The van der Waals surface area contributed by atoms with Crippen molar-refractivity contribution in [1.29, 1.82) is 0 Å². The molecule has 0 amide bonds. The predicted octanol–water partition coefficient (Wildman–Crippen LogP) is 1.03. The van der Waals surface area contributed by atoms with E-state index in [0.29, 0.717) is 16.5 Å². The molecule has 1 aliphatic heterocycles. The number of aliphatic hydroxyl groups excluding tert-OH is 1. The van der Waals surface area contributed by atoms with Crippen LogP contribution in [0.4, 0.5) is 0 Å². The maximum Gasteiger partial charge on any atom is 0.195 e. The number of aromatic amines is 1. The molecule has 84 valence electrons. The summed E-state index contributed by atoms with van der Waals surface area (Å²) in [4.78, 5) is 0. The smallest absolute Gasteiger partial charge is 0.195 e. The molecule has 2 unspecified atom stereocenters. The summed E-state index contributed by atoms with van der Waals surface area (Å²) in [5.41, 5.74) is 0. The fourth-order valence-electron chi connectivity index (χ4n) is 2.01. The van der Waals surface area contributed by atoms with E-state index in [1.165, 1.54) is 0 Å². The van der Waals surface area contributed by atoms with E-state index in [4.69, 9.17) is 22.1 Å². The molecule has 1 saturated heterocycles. The van der Waals surface area contributed by atoms with Crippen LogP contribution in [0.3, 0.4) is 0 Å². The third-order valence-corrected chi connectivity index (χ3v) is 3.26. The lowest BCUT2D eigenvalue weighted by molar-refractivity contribution is 0.172. The molecule has 0 saturated carbocycles. The van der Waals surface area contributed by atoms with Crippen molar-refractivity contribution >= 4 is 12.2 Å². The van der Waals surface area contributed by atoms with Gasteiger partial charge in [-0.1, -0.05) is 0 Å². The summed E-state index contributed by atoms with van der Waals surface area (Å²) in [5, 5.41) is 15.8. The van der Waals surface area contributed by atoms with Gasteiger partial charge in [0.15, 0.2) is 10.6 Å². The number of ether oxygens (including phenoxy) is 1. The van der Waals surface area contributed by atoms with Crippen LogP contribution >= 0.6 is 12.2 Å². The molecule has 2 heterocycles. The van der Waals surface area contributed by atoms with Gasteiger partial charge < -0.3 is 9.84 Å². The van der Waals surface area contributed by atoms with Gasteiger partial charge >= 0.3 is 0 Å². The van der Waals surface area contributed by atoms with Crippen molar-refractivity contribution in [2.75, 3.05) is 13.2 Å². The number of hydrogen-bond acceptors (Lipinski definition) is 4. The summed E-state index contributed by atoms with van der Waals surface area (Å²) in [6.45, 7) is 3.57. The molecular weight excluding hydrogens is 214 g/mol. The highest BCUT2D eigenvalue weighted by atomic mass is 32.1. The second-order valence-electron chi connectivity index (χ2n) is 3.84. The minimum absolute atomic E-state index is 0.0922. The monoisotopic (exact) mass is 229 g/mol. The van der Waals surface area contributed by atoms with Crippen molar-refractivity contribution in [2.24, 2.45) is 5.92 Å². The summed E-state index contributed by atoms with van der Waals surface area (Å²) in [6, 6.07) is 0.223. The van der Waals surface area contributed by atoms with Crippen LogP contribution < -0.4 is 0 Å². The molecule has 0 radical (unpaired) electrons. The largest absolute Gasteiger partial charge is 0.388 e. The van der Waals surface area contributed by atoms with Gasteiger partial charge in [-0.15, -0.1) is 0 Å². The van der Waals surface area contributed by atoms with E-state index in [2.05, 4.69) is 17.1 Å². The molecule has 0 aromatic carbocycles. The van der Waals surface area contributed by atoms with Gasteiger partial charge in [0.1, 0.15) is 6.61 Å². The number of aliphatic hydroxyl groups is 1. The zero-order chi connectivity index (χ0) is 10.8. The molecule has 1 aliphatic rings. The Morgan fingerprint density at radius 1 is 1.80 bits per heavy atom. The first-order valence-electron chi connectivity index (χ1n) is 5.08. The van der Waals surface area contributed by atoms with E-state index in [0.717, 1.165) is 19.6 Å². The second-order valence-corrected chi connectivity index (χ2v) is 4.22. The maximum absolute atomic E-state index is 9.14. The number of nitrogens with zero attached hydrogens (tertiary/aromatic N) is 2. The van der Waals surface area contributed by atoms with Crippen molar-refractivity contribution in [3.8, 4) is 0 Å². The van der Waals surface area contributed by atoms with Gasteiger partial charge in [0, 0.05) is 18.6 Å². The first-order valence-corrected chi connectivity index (χ1v) is 5.49. The van der Waals surface area contributed by atoms with E-state index in [1.54, 1.807) is 0 Å². The Kier molecular flexibility index (Phi) is 3.18. The Morgan fingerprint density at radius 3 is 3.20 bits per heavy atom. The van der Waals surface area contributed by atoms with Crippen LogP contribution in [0.5, 0.6) is 0 Å². The molecule has 2 N–H and O–H groups in total. The van der Waals surface area contributed by atoms with Crippen molar-refractivity contribution in [2.45, 2.75) is 26.0 Å². The highest BCUT2D eigenvalue weighted by Crippen LogP contribution is 2.26. The third-order valence-electron chi connectivity index (χ3n) is 2.97. The fraction of sp³-hybridized carbons (Fsp3) is 0.778. The molecule has 15 heavy (non-hydrogen) atoms. The lowest BCUT2D eigenvalue weighted by Gasteiger charge is -2.20. The van der Waals surface area contributed by atoms with Crippen LogP contribution in [-0.2, 0) is 11.3 Å². The minimum atomic E-state index is -0.0922. The molecule has 6 heteroatoms. The number of rotatable bonds is 3. The predicted molar refractivity (Wildman–Crippen MR) is 57.0 cm³/mol. The maximum atomic E-state index is 9.14. The topological polar surface area (TPSA) is 63.1 Å². The van der Waals surface area contributed by atoms with Crippen LogP contribution in [-0.4, -0.2) is 33.1 Å². The second kappa shape index (κ2) is 4.42. The summed E-state index contributed by atoms with van der Waals surface area (Å²) < 4.78 is 7.80. The normalized spacial score (nSPS) is 23.2. The molecule has 5 nitrogen and oxygen atoms in total. The quantitative estimate of drug-likeness (QED) is 0.760. The lowest BCUT2D eigenvalue weighted by atomic mass is 10.0. The summed E-state index contributed by atoms with van der Waals surface area (Å²) in [5.74, 6) is 1.05. The number of aromatic nitrogens is 3. The molecular formula is C9H15N3O2S. The zero-order valence-electron chi connectivity index (χ0n) is 8.64. The Labute approximate surface area is 93.1 Å². The fourth-order valence-corrected chi connectivity index (χ4v) is 2.33. The summed E-state index contributed by atoms with van der Waals surface area (Å²) >= 11 is 5.14. The van der Waals surface area contributed by atoms with Crippen molar-refractivity contribution in [1.82, 2.24) is 14.8 Å². The van der Waals surface area contributed by atoms with Crippen LogP contribution in [0.25, 0.3) is 0 Å². The van der Waals surface area contributed by atoms with E-state index >= 15 is 0 Å². The van der Waals surface area contributed by atoms with Gasteiger partial charge in [0.25, 0.3) is 0 Å². The summed E-state index contributed by atoms with van der Waals surface area (Å²) in [7, 11) is 0. The Balaban J connectivity index is 2.26. The molecule has 0 spiro atoms. The third kappa shape index (κ3) is 1.97. The standard InChI is InChI=1S/C9H15N3O2S/c1-6(7-2-3-14-5-7)12-8(4-13)10-11-9(12)15/h6-7,13H,2-5H2,1H3,(H,11,15). The van der Waals surface area contributed by atoms with Gasteiger partial charge in [-0.3, -0.25) is 9.67 Å². The zero-order valence-corrected chi connectivity index (χ0v) is 9.46. The van der Waals surface area contributed by atoms with Crippen molar-refractivity contribution in [3.05, 3.63) is 10.6 Å². The van der Waals surface area contributed by atoms with E-state index < -0.39 is 0 Å². The summed E-state index contributed by atoms with van der Waals surface area (Å²) in [6.07, 6.45) is 1.04. The van der Waals surface area contributed by atoms with Gasteiger partial charge in [-0.2, -0.15) is 5.10 Å². The van der Waals surface area contributed by atoms with Crippen molar-refractivity contribution in [3.63, 3.8) is 0 Å². The Bertz CT molecular complexity index is 381. The van der Waals surface area contributed by atoms with Crippen LogP contribution in [0, 0.1) is 10.7 Å². The van der Waals surface area contributed by atoms with Gasteiger partial charge in [0.2, 0.25) is 0 Å². The number of hydrogen-bond donors (Lipinski definition) is 2. The average molecular weight is 229 g/mol. The molecule has 0 aliphatic carbocycles. The van der Waals surface area contributed by atoms with Gasteiger partial charge in [-0.25, -0.2) is 0 Å². The molecule has 0 bridgehead atoms. The number of nitrogens with one attached hydrogen (secondary N) is 1. The van der Waals surface area contributed by atoms with Crippen LogP contribution in [0.15, 0.2) is 0 Å². The van der Waals surface area contributed by atoms with E-state index in [9.17, 15) is 0 Å². The average Bonchev–Trinajstić information content (AvgIpc) is 2.85. The van der Waals surface area contributed by atoms with E-state index in [-0.39, 0.29) is 12.6 Å². The van der Waals surface area contributed by atoms with E-state index in [1.807, 2.05) is 4.57 Å². The first-order chi connectivity index (χ1) is 7.24. The minimum Gasteiger partial charge on any atom is -0.388 e. The Hall–Kier alpha value is -0.720. The SMILES string of the molecule is CC(C1CCOC1)n1c(CO)n[nH]c1=S. The Morgan fingerprint density at radius 2 is 2.60 bits per heavy atom. The molecule has 1 aromatic heterocycles. The molecule has 1 fully saturated rings. The first kappa shape index (κ1) is 10.8. The molecule has 1 aromatic rings.